The van der Waals surface area contributed by atoms with Gasteiger partial charge in [0.2, 0.25) is 12.1 Å². The molecule has 0 bridgehead atoms. The van der Waals surface area contributed by atoms with Crippen molar-refractivity contribution in [3.8, 4) is 17.2 Å². The Morgan fingerprint density at radius 2 is 1.63 bits per heavy atom. The van der Waals surface area contributed by atoms with Gasteiger partial charge in [-0.15, -0.1) is 0 Å². The van der Waals surface area contributed by atoms with Crippen molar-refractivity contribution >= 4 is 11.0 Å². The third-order valence-electron chi connectivity index (χ3n) is 4.61. The van der Waals surface area contributed by atoms with E-state index in [0.717, 1.165) is 18.7 Å². The Bertz CT molecular complexity index is 867. The van der Waals surface area contributed by atoms with Crippen LogP contribution in [0.3, 0.4) is 0 Å². The number of para-hydroxylation sites is 2. The standard InChI is InChI=1S/C21H27N2O3.ClH/c1-5-6-11-22-15-23(18-10-8-7-9-17(18)22)14-16-12-19(24-2)21(26-4)20(13-16)25-3;/h7-10,12-13,15H,5-6,11,14H2,1-4H3;1H/q+1;/p-1. The fourth-order valence-corrected chi connectivity index (χ4v) is 3.30. The first-order valence-electron chi connectivity index (χ1n) is 8.98. The van der Waals surface area contributed by atoms with Crippen molar-refractivity contribution in [1.82, 2.24) is 4.57 Å². The number of rotatable bonds is 8. The van der Waals surface area contributed by atoms with Gasteiger partial charge in [0.1, 0.15) is 6.54 Å². The smallest absolute Gasteiger partial charge is 0.245 e. The zero-order valence-electron chi connectivity index (χ0n) is 16.4. The summed E-state index contributed by atoms with van der Waals surface area (Å²) in [5.41, 5.74) is 3.58. The van der Waals surface area contributed by atoms with E-state index >= 15 is 0 Å². The number of imidazole rings is 1. The van der Waals surface area contributed by atoms with Crippen molar-refractivity contribution < 1.29 is 31.2 Å². The van der Waals surface area contributed by atoms with Crippen molar-refractivity contribution in [3.63, 3.8) is 0 Å². The average Bonchev–Trinajstić information content (AvgIpc) is 3.03. The minimum Gasteiger partial charge on any atom is -1.00 e. The molecule has 0 aliphatic rings. The second-order valence-electron chi connectivity index (χ2n) is 6.31. The van der Waals surface area contributed by atoms with Crippen LogP contribution in [0.4, 0.5) is 0 Å². The summed E-state index contributed by atoms with van der Waals surface area (Å²) in [4.78, 5) is 0. The molecule has 27 heavy (non-hydrogen) atoms. The first-order valence-corrected chi connectivity index (χ1v) is 8.98. The predicted molar refractivity (Wildman–Crippen MR) is 102 cm³/mol. The van der Waals surface area contributed by atoms with Crippen LogP contribution in [0.5, 0.6) is 17.2 Å². The lowest BCUT2D eigenvalue weighted by atomic mass is 10.1. The number of ether oxygens (including phenoxy) is 3. The molecular weight excluding hydrogens is 364 g/mol. The van der Waals surface area contributed by atoms with Crippen molar-refractivity contribution in [2.24, 2.45) is 0 Å². The molecule has 0 aliphatic carbocycles. The van der Waals surface area contributed by atoms with E-state index in [1.54, 1.807) is 21.3 Å². The first-order chi connectivity index (χ1) is 12.7. The van der Waals surface area contributed by atoms with Gasteiger partial charge in [-0.2, -0.15) is 0 Å². The Kier molecular flexibility index (Phi) is 7.36. The topological polar surface area (TPSA) is 36.5 Å². The molecule has 146 valence electrons. The quantitative estimate of drug-likeness (QED) is 0.534. The SMILES string of the molecule is CCCCn1c[n+](Cc2cc(OC)c(OC)c(OC)c2)c2ccccc21.[Cl-]. The molecule has 5 nitrogen and oxygen atoms in total. The normalized spacial score (nSPS) is 10.5. The number of halogens is 1. The lowest BCUT2D eigenvalue weighted by molar-refractivity contribution is -0.663. The molecule has 1 heterocycles. The third-order valence-corrected chi connectivity index (χ3v) is 4.61. The number of hydrogen-bond donors (Lipinski definition) is 0. The van der Waals surface area contributed by atoms with Gasteiger partial charge < -0.3 is 26.6 Å². The van der Waals surface area contributed by atoms with Gasteiger partial charge in [-0.1, -0.05) is 25.5 Å². The van der Waals surface area contributed by atoms with Gasteiger partial charge in [-0.05, 0) is 30.7 Å². The van der Waals surface area contributed by atoms with Gasteiger partial charge in [0, 0.05) is 5.56 Å². The van der Waals surface area contributed by atoms with Crippen LogP contribution in [-0.2, 0) is 13.1 Å². The molecule has 0 spiro atoms. The van der Waals surface area contributed by atoms with Crippen molar-refractivity contribution in [2.45, 2.75) is 32.9 Å². The summed E-state index contributed by atoms with van der Waals surface area (Å²) >= 11 is 0. The fourth-order valence-electron chi connectivity index (χ4n) is 3.30. The second kappa shape index (κ2) is 9.51. The van der Waals surface area contributed by atoms with E-state index in [9.17, 15) is 0 Å². The van der Waals surface area contributed by atoms with Gasteiger partial charge in [0.05, 0.1) is 27.9 Å². The average molecular weight is 391 g/mol. The highest BCUT2D eigenvalue weighted by Gasteiger charge is 2.18. The molecule has 0 atom stereocenters. The van der Waals surface area contributed by atoms with Gasteiger partial charge in [0.25, 0.3) is 0 Å². The number of aromatic nitrogens is 2. The molecule has 0 N–H and O–H groups in total. The molecular formula is C21H27ClN2O3. The minimum absolute atomic E-state index is 0. The second-order valence-corrected chi connectivity index (χ2v) is 6.31. The first kappa shape index (κ1) is 20.9. The van der Waals surface area contributed by atoms with Gasteiger partial charge in [-0.25, -0.2) is 9.13 Å². The Morgan fingerprint density at radius 3 is 2.22 bits per heavy atom. The summed E-state index contributed by atoms with van der Waals surface area (Å²) in [6.45, 7) is 3.98. The summed E-state index contributed by atoms with van der Waals surface area (Å²) in [6.07, 6.45) is 4.55. The number of unbranched alkanes of at least 4 members (excludes halogenated alkanes) is 1. The van der Waals surface area contributed by atoms with Gasteiger partial charge in [0.15, 0.2) is 22.5 Å². The number of fused-ring (bicyclic) bond motifs is 1. The Hall–Kier alpha value is -2.40. The molecule has 0 aliphatic heterocycles. The Balaban J connectivity index is 0.00000261. The number of benzene rings is 2. The lowest BCUT2D eigenvalue weighted by Gasteiger charge is -2.13. The molecule has 1 aromatic heterocycles. The minimum atomic E-state index is 0. The van der Waals surface area contributed by atoms with Crippen LogP contribution < -0.4 is 31.2 Å². The van der Waals surface area contributed by atoms with E-state index < -0.39 is 0 Å². The molecule has 0 saturated carbocycles. The summed E-state index contributed by atoms with van der Waals surface area (Å²) < 4.78 is 21.0. The number of nitrogens with zero attached hydrogens (tertiary/aromatic N) is 2. The van der Waals surface area contributed by atoms with E-state index in [4.69, 9.17) is 14.2 Å². The molecule has 3 rings (SSSR count). The zero-order valence-corrected chi connectivity index (χ0v) is 17.1. The van der Waals surface area contributed by atoms with E-state index in [1.165, 1.54) is 23.9 Å². The van der Waals surface area contributed by atoms with E-state index in [0.29, 0.717) is 17.2 Å². The fraction of sp³-hybridized carbons (Fsp3) is 0.381. The number of aryl methyl sites for hydroxylation is 1. The molecule has 2 aromatic carbocycles. The summed E-state index contributed by atoms with van der Waals surface area (Å²) in [7, 11) is 4.91. The molecule has 0 amide bonds. The maximum absolute atomic E-state index is 5.48. The zero-order chi connectivity index (χ0) is 18.5. The van der Waals surface area contributed by atoms with Crippen molar-refractivity contribution in [3.05, 3.63) is 48.3 Å². The van der Waals surface area contributed by atoms with Crippen molar-refractivity contribution in [2.75, 3.05) is 21.3 Å². The highest BCUT2D eigenvalue weighted by Crippen LogP contribution is 2.38. The molecule has 3 aromatic rings. The Labute approximate surface area is 166 Å². The van der Waals surface area contributed by atoms with Crippen LogP contribution in [-0.4, -0.2) is 25.9 Å². The van der Waals surface area contributed by atoms with Gasteiger partial charge >= 0.3 is 0 Å². The maximum Gasteiger partial charge on any atom is 0.245 e. The van der Waals surface area contributed by atoms with E-state index in [2.05, 4.69) is 46.7 Å². The van der Waals surface area contributed by atoms with Crippen molar-refractivity contribution in [1.29, 1.82) is 0 Å². The number of methoxy groups -OCH3 is 3. The largest absolute Gasteiger partial charge is 1.00 e. The Morgan fingerprint density at radius 1 is 0.963 bits per heavy atom. The van der Waals surface area contributed by atoms with Crippen LogP contribution >= 0.6 is 0 Å². The summed E-state index contributed by atoms with van der Waals surface area (Å²) in [5.74, 6) is 1.98. The molecule has 0 fully saturated rings. The van der Waals surface area contributed by atoms with Crippen LogP contribution in [0.2, 0.25) is 0 Å². The lowest BCUT2D eigenvalue weighted by Crippen LogP contribution is -3.00. The van der Waals surface area contributed by atoms with Crippen LogP contribution in [0, 0.1) is 0 Å². The van der Waals surface area contributed by atoms with Crippen LogP contribution in [0.25, 0.3) is 11.0 Å². The maximum atomic E-state index is 5.48. The molecule has 0 saturated heterocycles. The predicted octanol–water partition coefficient (Wildman–Crippen LogP) is 0.807. The molecule has 0 unspecified atom stereocenters. The third kappa shape index (κ3) is 4.30. The monoisotopic (exact) mass is 390 g/mol. The molecule has 0 radical (unpaired) electrons. The highest BCUT2D eigenvalue weighted by atomic mass is 35.5. The van der Waals surface area contributed by atoms with Crippen LogP contribution in [0.15, 0.2) is 42.7 Å². The van der Waals surface area contributed by atoms with E-state index in [1.807, 2.05) is 12.1 Å². The number of hydrogen-bond acceptors (Lipinski definition) is 3. The molecule has 6 heteroatoms. The summed E-state index contributed by atoms with van der Waals surface area (Å²) in [5, 5.41) is 0. The van der Waals surface area contributed by atoms with Crippen LogP contribution in [0.1, 0.15) is 25.3 Å². The van der Waals surface area contributed by atoms with E-state index in [-0.39, 0.29) is 12.4 Å². The van der Waals surface area contributed by atoms with Gasteiger partial charge in [-0.3, -0.25) is 0 Å². The summed E-state index contributed by atoms with van der Waals surface area (Å²) in [6, 6.07) is 12.5. The highest BCUT2D eigenvalue weighted by molar-refractivity contribution is 5.71.